The van der Waals surface area contributed by atoms with E-state index >= 15 is 0 Å². The van der Waals surface area contributed by atoms with Crippen LogP contribution >= 0.6 is 15.9 Å². The zero-order chi connectivity index (χ0) is 7.70. The molecule has 0 rings (SSSR count). The first-order valence-electron chi connectivity index (χ1n) is 2.16. The molecule has 0 bridgehead atoms. The fraction of sp³-hybridized carbons (Fsp3) is 0.750. The standard InChI is InChI=1S/C2H3BrO2.C2H6O2/c3-1-2(4)5;3-1-2-4/h1H2,(H,4,5);3-4H,1-2H2/p-1. The maximum Gasteiger partial charge on any atom is 0.0662 e. The second-order valence-corrected chi connectivity index (χ2v) is 1.51. The molecule has 0 aliphatic heterocycles. The Morgan fingerprint density at radius 3 is 1.67 bits per heavy atom. The van der Waals surface area contributed by atoms with Gasteiger partial charge in [-0.2, -0.15) is 0 Å². The summed E-state index contributed by atoms with van der Waals surface area (Å²) in [7, 11) is 0. The van der Waals surface area contributed by atoms with Gasteiger partial charge in [-0.15, -0.1) is 0 Å². The van der Waals surface area contributed by atoms with Crippen molar-refractivity contribution in [2.75, 3.05) is 18.5 Å². The smallest absolute Gasteiger partial charge is 0.0662 e. The van der Waals surface area contributed by atoms with Crippen LogP contribution in [0.4, 0.5) is 0 Å². The van der Waals surface area contributed by atoms with Crippen LogP contribution in [-0.4, -0.2) is 34.7 Å². The van der Waals surface area contributed by atoms with E-state index in [1.807, 2.05) is 0 Å². The summed E-state index contributed by atoms with van der Waals surface area (Å²) in [5, 5.41) is 24.4. The predicted octanol–water partition coefficient (Wildman–Crippen LogP) is -1.90. The van der Waals surface area contributed by atoms with E-state index < -0.39 is 5.97 Å². The number of carboxylic acid groups (broad SMARTS) is 1. The highest BCUT2D eigenvalue weighted by Gasteiger charge is 1.67. The molecule has 0 heterocycles. The largest absolute Gasteiger partial charge is 0.549 e. The van der Waals surface area contributed by atoms with Crippen LogP contribution in [0.3, 0.4) is 0 Å². The number of rotatable bonds is 2. The number of aliphatic hydroxyl groups is 2. The molecule has 0 aromatic carbocycles. The second kappa shape index (κ2) is 10.8. The maximum atomic E-state index is 9.21. The summed E-state index contributed by atoms with van der Waals surface area (Å²) in [6.07, 6.45) is 0. The molecule has 0 spiro atoms. The van der Waals surface area contributed by atoms with Crippen molar-refractivity contribution >= 4 is 21.9 Å². The third kappa shape index (κ3) is 32.9. The molecule has 0 aromatic rings. The second-order valence-electron chi connectivity index (χ2n) is 0.953. The number of hydrogen-bond donors (Lipinski definition) is 2. The van der Waals surface area contributed by atoms with Gasteiger partial charge in [0.15, 0.2) is 0 Å². The molecule has 0 saturated carbocycles. The number of halogens is 1. The molecule has 0 aliphatic rings. The highest BCUT2D eigenvalue weighted by molar-refractivity contribution is 9.09. The lowest BCUT2D eigenvalue weighted by Gasteiger charge is -1.85. The summed E-state index contributed by atoms with van der Waals surface area (Å²) >= 11 is 2.65. The molecule has 56 valence electrons. The number of carbonyl (C=O) groups excluding carboxylic acids is 1. The van der Waals surface area contributed by atoms with Crippen LogP contribution in [0.25, 0.3) is 0 Å². The van der Waals surface area contributed by atoms with Gasteiger partial charge in [0.05, 0.1) is 19.2 Å². The Labute approximate surface area is 61.3 Å². The first-order valence-corrected chi connectivity index (χ1v) is 3.28. The van der Waals surface area contributed by atoms with Gasteiger partial charge >= 0.3 is 0 Å². The number of carbonyl (C=O) groups is 1. The summed E-state index contributed by atoms with van der Waals surface area (Å²) in [5.74, 6) is -1.08. The summed E-state index contributed by atoms with van der Waals surface area (Å²) < 4.78 is 0. The fourth-order valence-electron chi connectivity index (χ4n) is 0. The van der Waals surface area contributed by atoms with E-state index in [0.29, 0.717) is 0 Å². The van der Waals surface area contributed by atoms with Gasteiger partial charge in [0.1, 0.15) is 0 Å². The molecule has 9 heavy (non-hydrogen) atoms. The van der Waals surface area contributed by atoms with Crippen molar-refractivity contribution in [1.82, 2.24) is 0 Å². The average Bonchev–Trinajstić information content (AvgIpc) is 1.89. The number of aliphatic hydroxyl groups excluding tert-OH is 2. The summed E-state index contributed by atoms with van der Waals surface area (Å²) in [4.78, 5) is 9.21. The summed E-state index contributed by atoms with van der Waals surface area (Å²) in [6.45, 7) is -0.250. The Kier molecular flexibility index (Phi) is 13.9. The lowest BCUT2D eigenvalue weighted by Crippen LogP contribution is -2.22. The van der Waals surface area contributed by atoms with Gasteiger partial charge in [-0.3, -0.25) is 0 Å². The minimum absolute atomic E-state index is 0.0764. The highest BCUT2D eigenvalue weighted by atomic mass is 79.9. The van der Waals surface area contributed by atoms with Crippen LogP contribution in [0.5, 0.6) is 0 Å². The molecule has 0 radical (unpaired) electrons. The van der Waals surface area contributed by atoms with E-state index in [0.717, 1.165) is 0 Å². The fourth-order valence-corrected chi connectivity index (χ4v) is 0. The Hall–Kier alpha value is -0.130. The molecular weight excluding hydrogens is 192 g/mol. The van der Waals surface area contributed by atoms with Crippen molar-refractivity contribution in [2.45, 2.75) is 0 Å². The average molecular weight is 200 g/mol. The minimum Gasteiger partial charge on any atom is -0.549 e. The van der Waals surface area contributed by atoms with E-state index in [2.05, 4.69) is 15.9 Å². The monoisotopic (exact) mass is 199 g/mol. The van der Waals surface area contributed by atoms with Crippen LogP contribution in [-0.2, 0) is 4.79 Å². The van der Waals surface area contributed by atoms with Gasteiger partial charge in [-0.1, -0.05) is 15.9 Å². The van der Waals surface area contributed by atoms with Gasteiger partial charge in [0.25, 0.3) is 0 Å². The number of carboxylic acids is 1. The minimum atomic E-state index is -1.08. The first kappa shape index (κ1) is 11.6. The van der Waals surface area contributed by atoms with Crippen LogP contribution in [0.1, 0.15) is 0 Å². The molecular formula is C4H8BrO4-. The van der Waals surface area contributed by atoms with E-state index in [1.54, 1.807) is 0 Å². The van der Waals surface area contributed by atoms with Crippen molar-refractivity contribution in [3.63, 3.8) is 0 Å². The Balaban J connectivity index is 0. The number of aliphatic carboxylic acids is 1. The molecule has 0 unspecified atom stereocenters. The summed E-state index contributed by atoms with van der Waals surface area (Å²) in [5.41, 5.74) is 0. The molecule has 4 nitrogen and oxygen atoms in total. The Morgan fingerprint density at radius 1 is 1.44 bits per heavy atom. The molecule has 0 fully saturated rings. The van der Waals surface area contributed by atoms with E-state index in [1.165, 1.54) is 0 Å². The van der Waals surface area contributed by atoms with Crippen LogP contribution in [0, 0.1) is 0 Å². The third-order valence-corrected chi connectivity index (χ3v) is 0.667. The van der Waals surface area contributed by atoms with E-state index in [-0.39, 0.29) is 18.5 Å². The maximum absolute atomic E-state index is 9.21. The quantitative estimate of drug-likeness (QED) is 0.510. The zero-order valence-electron chi connectivity index (χ0n) is 4.71. The molecule has 0 saturated heterocycles. The number of alkyl halides is 1. The van der Waals surface area contributed by atoms with E-state index in [9.17, 15) is 9.90 Å². The molecule has 0 atom stereocenters. The van der Waals surface area contributed by atoms with Gasteiger partial charge < -0.3 is 20.1 Å². The van der Waals surface area contributed by atoms with Gasteiger partial charge in [-0.25, -0.2) is 0 Å². The van der Waals surface area contributed by atoms with Crippen LogP contribution in [0.2, 0.25) is 0 Å². The molecule has 2 N–H and O–H groups in total. The van der Waals surface area contributed by atoms with Gasteiger partial charge in [-0.05, 0) is 0 Å². The van der Waals surface area contributed by atoms with Crippen molar-refractivity contribution in [3.05, 3.63) is 0 Å². The van der Waals surface area contributed by atoms with E-state index in [4.69, 9.17) is 10.2 Å². The van der Waals surface area contributed by atoms with Crippen molar-refractivity contribution in [2.24, 2.45) is 0 Å². The lowest BCUT2D eigenvalue weighted by atomic mass is 10.8. The topological polar surface area (TPSA) is 80.6 Å². The van der Waals surface area contributed by atoms with Crippen LogP contribution < -0.4 is 5.11 Å². The van der Waals surface area contributed by atoms with Crippen molar-refractivity contribution in [1.29, 1.82) is 0 Å². The van der Waals surface area contributed by atoms with Crippen molar-refractivity contribution < 1.29 is 20.1 Å². The molecule has 0 aromatic heterocycles. The SMILES string of the molecule is O=C([O-])CBr.OCCO. The molecule has 0 aliphatic carbocycles. The molecule has 0 amide bonds. The Bertz CT molecular complexity index is 63.6. The van der Waals surface area contributed by atoms with Gasteiger partial charge in [0.2, 0.25) is 0 Å². The first-order chi connectivity index (χ1) is 4.18. The Morgan fingerprint density at radius 2 is 1.67 bits per heavy atom. The summed E-state index contributed by atoms with van der Waals surface area (Å²) in [6, 6.07) is 0. The zero-order valence-corrected chi connectivity index (χ0v) is 6.30. The third-order valence-electron chi connectivity index (χ3n) is 0.209. The predicted molar refractivity (Wildman–Crippen MR) is 33.0 cm³/mol. The molecule has 5 heteroatoms. The lowest BCUT2D eigenvalue weighted by molar-refractivity contribution is -0.301. The van der Waals surface area contributed by atoms with Crippen LogP contribution in [0.15, 0.2) is 0 Å². The highest BCUT2D eigenvalue weighted by Crippen LogP contribution is 1.70. The van der Waals surface area contributed by atoms with Crippen molar-refractivity contribution in [3.8, 4) is 0 Å². The normalized spacial score (nSPS) is 7.44. The number of hydrogen-bond acceptors (Lipinski definition) is 4. The van der Waals surface area contributed by atoms with Gasteiger partial charge in [0, 0.05) is 5.33 Å².